The minimum atomic E-state index is -0.400. The van der Waals surface area contributed by atoms with Gasteiger partial charge in [-0.2, -0.15) is 0 Å². The van der Waals surface area contributed by atoms with Crippen LogP contribution in [0.25, 0.3) is 0 Å². The number of ether oxygens (including phenoxy) is 4. The molecule has 1 atom stereocenters. The Balaban J connectivity index is 1.87. The van der Waals surface area contributed by atoms with Crippen LogP contribution in [0.5, 0.6) is 17.2 Å². The lowest BCUT2D eigenvalue weighted by atomic mass is 9.92. The second-order valence-electron chi connectivity index (χ2n) is 6.94. The first-order chi connectivity index (χ1) is 14.5. The molecule has 0 N–H and O–H groups in total. The molecule has 2 aromatic rings. The fraction of sp³-hybridized carbons (Fsp3) is 0.391. The minimum absolute atomic E-state index is 0.0741. The molecule has 0 aromatic heterocycles. The average Bonchev–Trinajstić information content (AvgIpc) is 2.80. The average molecular weight is 413 g/mol. The molecule has 1 heterocycles. The molecule has 0 fully saturated rings. The molecule has 160 valence electrons. The molecule has 0 aliphatic carbocycles. The van der Waals surface area contributed by atoms with Crippen LogP contribution >= 0.6 is 0 Å². The number of hydrogen-bond donors (Lipinski definition) is 0. The van der Waals surface area contributed by atoms with Crippen LogP contribution in [0, 0.1) is 0 Å². The second kappa shape index (κ2) is 9.52. The summed E-state index contributed by atoms with van der Waals surface area (Å²) in [4.78, 5) is 26.1. The molecule has 2 aromatic carbocycles. The zero-order chi connectivity index (χ0) is 21.7. The van der Waals surface area contributed by atoms with Crippen molar-refractivity contribution in [2.75, 3.05) is 34.5 Å². The molecule has 7 nitrogen and oxygen atoms in total. The van der Waals surface area contributed by atoms with E-state index in [1.54, 1.807) is 38.5 Å². The van der Waals surface area contributed by atoms with E-state index < -0.39 is 5.97 Å². The molecule has 30 heavy (non-hydrogen) atoms. The van der Waals surface area contributed by atoms with Crippen LogP contribution in [0.4, 0.5) is 0 Å². The number of hydrogen-bond acceptors (Lipinski definition) is 6. The van der Waals surface area contributed by atoms with Gasteiger partial charge < -0.3 is 23.8 Å². The summed E-state index contributed by atoms with van der Waals surface area (Å²) in [6.07, 6.45) is 1.17. The van der Waals surface area contributed by atoms with Crippen LogP contribution in [0.15, 0.2) is 36.4 Å². The molecular formula is C23H27NO6. The highest BCUT2D eigenvalue weighted by atomic mass is 16.5. The van der Waals surface area contributed by atoms with Gasteiger partial charge >= 0.3 is 5.97 Å². The van der Waals surface area contributed by atoms with Crippen molar-refractivity contribution in [3.8, 4) is 17.2 Å². The summed E-state index contributed by atoms with van der Waals surface area (Å²) < 4.78 is 21.6. The van der Waals surface area contributed by atoms with Crippen molar-refractivity contribution in [2.45, 2.75) is 25.8 Å². The van der Waals surface area contributed by atoms with E-state index >= 15 is 0 Å². The van der Waals surface area contributed by atoms with Crippen LogP contribution in [0.1, 0.15) is 40.9 Å². The van der Waals surface area contributed by atoms with E-state index in [1.165, 1.54) is 7.11 Å². The third-order valence-electron chi connectivity index (χ3n) is 5.31. The zero-order valence-corrected chi connectivity index (χ0v) is 17.8. The number of amides is 1. The maximum atomic E-state index is 12.6. The van der Waals surface area contributed by atoms with Crippen LogP contribution in [0.3, 0.4) is 0 Å². The van der Waals surface area contributed by atoms with Crippen LogP contribution < -0.4 is 14.2 Å². The molecule has 0 bridgehead atoms. The maximum absolute atomic E-state index is 12.6. The lowest BCUT2D eigenvalue weighted by Crippen LogP contribution is -2.42. The van der Waals surface area contributed by atoms with E-state index in [0.717, 1.165) is 17.5 Å². The molecule has 0 unspecified atom stereocenters. The standard InChI is InChI=1S/C23H27NO6/c1-5-22(25)24-11-10-16-12-20(27-2)21(28-3)13-18(16)19(24)14-30-17-8-6-15(7-9-17)23(26)29-4/h6-9,12-13,19H,5,10-11,14H2,1-4H3/t19-/m0/s1. The first-order valence-corrected chi connectivity index (χ1v) is 9.87. The highest BCUT2D eigenvalue weighted by Gasteiger charge is 2.32. The third-order valence-corrected chi connectivity index (χ3v) is 5.31. The van der Waals surface area contributed by atoms with Gasteiger partial charge in [0.1, 0.15) is 12.4 Å². The van der Waals surface area contributed by atoms with Crippen molar-refractivity contribution in [1.82, 2.24) is 4.90 Å². The van der Waals surface area contributed by atoms with E-state index in [0.29, 0.717) is 35.8 Å². The first-order valence-electron chi connectivity index (χ1n) is 9.87. The van der Waals surface area contributed by atoms with Gasteiger partial charge in [-0.3, -0.25) is 4.79 Å². The molecule has 1 aliphatic rings. The number of rotatable bonds is 7. The summed E-state index contributed by atoms with van der Waals surface area (Å²) in [5.74, 6) is 1.58. The Morgan fingerprint density at radius 2 is 1.70 bits per heavy atom. The summed E-state index contributed by atoms with van der Waals surface area (Å²) >= 11 is 0. The van der Waals surface area contributed by atoms with E-state index in [1.807, 2.05) is 24.0 Å². The number of carbonyl (C=O) groups excluding carboxylic acids is 2. The normalized spacial score (nSPS) is 15.2. The molecule has 1 amide bonds. The van der Waals surface area contributed by atoms with Gasteiger partial charge in [-0.25, -0.2) is 4.79 Å². The van der Waals surface area contributed by atoms with Gasteiger partial charge in [-0.15, -0.1) is 0 Å². The Bertz CT molecular complexity index is 909. The Morgan fingerprint density at radius 1 is 1.03 bits per heavy atom. The monoisotopic (exact) mass is 413 g/mol. The Kier molecular flexibility index (Phi) is 6.82. The zero-order valence-electron chi connectivity index (χ0n) is 17.8. The molecule has 0 radical (unpaired) electrons. The highest BCUT2D eigenvalue weighted by Crippen LogP contribution is 2.38. The molecule has 3 rings (SSSR count). The van der Waals surface area contributed by atoms with Gasteiger partial charge in [-0.05, 0) is 53.9 Å². The SMILES string of the molecule is CCC(=O)N1CCc2cc(OC)c(OC)cc2[C@@H]1COc1ccc(C(=O)OC)cc1. The predicted octanol–water partition coefficient (Wildman–Crippen LogP) is 3.41. The number of carbonyl (C=O) groups is 2. The fourth-order valence-corrected chi connectivity index (χ4v) is 3.69. The molecule has 0 saturated carbocycles. The summed E-state index contributed by atoms with van der Waals surface area (Å²) in [6.45, 7) is 2.76. The van der Waals surface area contributed by atoms with E-state index in [2.05, 4.69) is 0 Å². The van der Waals surface area contributed by atoms with Crippen molar-refractivity contribution >= 4 is 11.9 Å². The number of esters is 1. The topological polar surface area (TPSA) is 74.3 Å². The summed E-state index contributed by atoms with van der Waals surface area (Å²) in [6, 6.07) is 10.4. The quantitative estimate of drug-likeness (QED) is 0.648. The lowest BCUT2D eigenvalue weighted by Gasteiger charge is -2.37. The Labute approximate surface area is 176 Å². The molecule has 7 heteroatoms. The van der Waals surface area contributed by atoms with Gasteiger partial charge in [0.2, 0.25) is 5.91 Å². The highest BCUT2D eigenvalue weighted by molar-refractivity contribution is 5.89. The first kappa shape index (κ1) is 21.5. The Hall–Kier alpha value is -3.22. The van der Waals surface area contributed by atoms with Crippen molar-refractivity contribution in [1.29, 1.82) is 0 Å². The number of benzene rings is 2. The molecular weight excluding hydrogens is 386 g/mol. The van der Waals surface area contributed by atoms with Crippen LogP contribution in [-0.2, 0) is 16.0 Å². The molecule has 0 spiro atoms. The molecule has 1 aliphatic heterocycles. The van der Waals surface area contributed by atoms with Crippen molar-refractivity contribution < 1.29 is 28.5 Å². The van der Waals surface area contributed by atoms with Gasteiger partial charge in [0.05, 0.1) is 32.9 Å². The lowest BCUT2D eigenvalue weighted by molar-refractivity contribution is -0.134. The summed E-state index contributed by atoms with van der Waals surface area (Å²) in [5.41, 5.74) is 2.56. The molecule has 0 saturated heterocycles. The number of methoxy groups -OCH3 is 3. The summed E-state index contributed by atoms with van der Waals surface area (Å²) in [7, 11) is 4.55. The smallest absolute Gasteiger partial charge is 0.337 e. The largest absolute Gasteiger partial charge is 0.493 e. The van der Waals surface area contributed by atoms with E-state index in [-0.39, 0.29) is 18.6 Å². The third kappa shape index (κ3) is 4.35. The van der Waals surface area contributed by atoms with E-state index in [4.69, 9.17) is 18.9 Å². The Morgan fingerprint density at radius 3 is 2.30 bits per heavy atom. The van der Waals surface area contributed by atoms with E-state index in [9.17, 15) is 9.59 Å². The predicted molar refractivity (Wildman–Crippen MR) is 111 cm³/mol. The fourth-order valence-electron chi connectivity index (χ4n) is 3.69. The minimum Gasteiger partial charge on any atom is -0.493 e. The number of nitrogens with zero attached hydrogens (tertiary/aromatic N) is 1. The second-order valence-corrected chi connectivity index (χ2v) is 6.94. The van der Waals surface area contributed by atoms with Crippen LogP contribution in [-0.4, -0.2) is 51.3 Å². The van der Waals surface area contributed by atoms with Crippen molar-refractivity contribution in [2.24, 2.45) is 0 Å². The number of fused-ring (bicyclic) bond motifs is 1. The van der Waals surface area contributed by atoms with Gasteiger partial charge in [-0.1, -0.05) is 6.92 Å². The summed E-state index contributed by atoms with van der Waals surface area (Å²) in [5, 5.41) is 0. The van der Waals surface area contributed by atoms with Crippen molar-refractivity contribution in [3.05, 3.63) is 53.1 Å². The van der Waals surface area contributed by atoms with Crippen LogP contribution in [0.2, 0.25) is 0 Å². The van der Waals surface area contributed by atoms with Gasteiger partial charge in [0, 0.05) is 13.0 Å². The van der Waals surface area contributed by atoms with Gasteiger partial charge in [0.25, 0.3) is 0 Å². The van der Waals surface area contributed by atoms with Gasteiger partial charge in [0.15, 0.2) is 11.5 Å². The maximum Gasteiger partial charge on any atom is 0.337 e. The van der Waals surface area contributed by atoms with Crippen molar-refractivity contribution in [3.63, 3.8) is 0 Å².